The van der Waals surface area contributed by atoms with E-state index < -0.39 is 12.3 Å². The van der Waals surface area contributed by atoms with Crippen molar-refractivity contribution in [2.75, 3.05) is 33.2 Å². The standard InChI is InChI=1S/C18H30N4O2/c1-3-17(23)20-16(12-14-4-6-15(13-19)7-5-14)18(24)22-10-8-21(2)9-11-22/h4-7,16-17,20,23H,3,8-13,19H2,1-2H3/t16-,17?/m1/s1. The van der Waals surface area contributed by atoms with E-state index in [0.29, 0.717) is 19.4 Å². The van der Waals surface area contributed by atoms with E-state index in [-0.39, 0.29) is 5.91 Å². The van der Waals surface area contributed by atoms with Crippen molar-refractivity contribution < 1.29 is 9.90 Å². The average molecular weight is 334 g/mol. The summed E-state index contributed by atoms with van der Waals surface area (Å²) in [6.45, 7) is 5.66. The molecule has 0 aliphatic carbocycles. The lowest BCUT2D eigenvalue weighted by molar-refractivity contribution is -0.136. The van der Waals surface area contributed by atoms with Crippen LogP contribution < -0.4 is 11.1 Å². The number of carbonyl (C=O) groups is 1. The first-order chi connectivity index (χ1) is 11.5. The van der Waals surface area contributed by atoms with Crippen molar-refractivity contribution in [3.63, 3.8) is 0 Å². The summed E-state index contributed by atoms with van der Waals surface area (Å²) < 4.78 is 0. The van der Waals surface area contributed by atoms with Crippen molar-refractivity contribution in [1.82, 2.24) is 15.1 Å². The number of rotatable bonds is 7. The number of benzene rings is 1. The minimum absolute atomic E-state index is 0.0681. The maximum absolute atomic E-state index is 12.9. The Bertz CT molecular complexity index is 512. The third-order valence-electron chi connectivity index (χ3n) is 4.59. The number of hydrogen-bond acceptors (Lipinski definition) is 5. The molecule has 1 heterocycles. The van der Waals surface area contributed by atoms with Gasteiger partial charge in [0.1, 0.15) is 6.23 Å². The first kappa shape index (κ1) is 18.9. The lowest BCUT2D eigenvalue weighted by atomic mass is 10.0. The quantitative estimate of drug-likeness (QED) is 0.619. The second-order valence-electron chi connectivity index (χ2n) is 6.50. The lowest BCUT2D eigenvalue weighted by Crippen LogP contribution is -2.55. The van der Waals surface area contributed by atoms with Crippen molar-refractivity contribution in [2.45, 2.75) is 38.6 Å². The summed E-state index contributed by atoms with van der Waals surface area (Å²) in [4.78, 5) is 17.0. The fraction of sp³-hybridized carbons (Fsp3) is 0.611. The summed E-state index contributed by atoms with van der Waals surface area (Å²) in [6, 6.07) is 7.58. The van der Waals surface area contributed by atoms with E-state index in [1.165, 1.54) is 0 Å². The molecule has 134 valence electrons. The fourth-order valence-electron chi connectivity index (χ4n) is 2.86. The van der Waals surface area contributed by atoms with Gasteiger partial charge in [-0.3, -0.25) is 10.1 Å². The molecule has 1 unspecified atom stereocenters. The van der Waals surface area contributed by atoms with Crippen LogP contribution in [0, 0.1) is 0 Å². The molecule has 1 amide bonds. The Hall–Kier alpha value is -1.47. The van der Waals surface area contributed by atoms with E-state index in [4.69, 9.17) is 5.73 Å². The van der Waals surface area contributed by atoms with Crippen LogP contribution in [-0.4, -0.2) is 66.3 Å². The van der Waals surface area contributed by atoms with Crippen LogP contribution in [-0.2, 0) is 17.8 Å². The number of nitrogens with zero attached hydrogens (tertiary/aromatic N) is 2. The Labute approximate surface area is 144 Å². The number of carbonyl (C=O) groups excluding carboxylic acids is 1. The minimum Gasteiger partial charge on any atom is -0.379 e. The Balaban J connectivity index is 2.06. The van der Waals surface area contributed by atoms with Crippen LogP contribution in [0.5, 0.6) is 0 Å². The van der Waals surface area contributed by atoms with Crippen LogP contribution >= 0.6 is 0 Å². The number of nitrogens with two attached hydrogens (primary N) is 1. The molecule has 0 bridgehead atoms. The smallest absolute Gasteiger partial charge is 0.240 e. The Morgan fingerprint density at radius 1 is 1.21 bits per heavy atom. The number of amides is 1. The predicted molar refractivity (Wildman–Crippen MR) is 95.3 cm³/mol. The zero-order chi connectivity index (χ0) is 17.5. The third-order valence-corrected chi connectivity index (χ3v) is 4.59. The van der Waals surface area contributed by atoms with Crippen LogP contribution in [0.3, 0.4) is 0 Å². The van der Waals surface area contributed by atoms with Crippen molar-refractivity contribution >= 4 is 5.91 Å². The molecule has 1 aliphatic rings. The van der Waals surface area contributed by atoms with E-state index in [1.807, 2.05) is 36.1 Å². The summed E-state index contributed by atoms with van der Waals surface area (Å²) in [5.41, 5.74) is 7.77. The van der Waals surface area contributed by atoms with Gasteiger partial charge in [-0.1, -0.05) is 31.2 Å². The number of aliphatic hydroxyl groups excluding tert-OH is 1. The van der Waals surface area contributed by atoms with Crippen LogP contribution in [0.1, 0.15) is 24.5 Å². The molecule has 1 saturated heterocycles. The van der Waals surface area contributed by atoms with Crippen molar-refractivity contribution in [3.8, 4) is 0 Å². The molecule has 2 rings (SSSR count). The molecule has 0 spiro atoms. The highest BCUT2D eigenvalue weighted by Gasteiger charge is 2.27. The fourth-order valence-corrected chi connectivity index (χ4v) is 2.86. The van der Waals surface area contributed by atoms with Gasteiger partial charge >= 0.3 is 0 Å². The van der Waals surface area contributed by atoms with E-state index in [0.717, 1.165) is 37.3 Å². The molecule has 1 aromatic carbocycles. The molecule has 1 aromatic rings. The first-order valence-corrected chi connectivity index (χ1v) is 8.72. The van der Waals surface area contributed by atoms with E-state index in [9.17, 15) is 9.90 Å². The van der Waals surface area contributed by atoms with Crippen LogP contribution in [0.25, 0.3) is 0 Å². The molecule has 2 atom stereocenters. The maximum atomic E-state index is 12.9. The molecule has 6 nitrogen and oxygen atoms in total. The van der Waals surface area contributed by atoms with Crippen molar-refractivity contribution in [2.24, 2.45) is 5.73 Å². The van der Waals surface area contributed by atoms with Gasteiger partial charge in [0.05, 0.1) is 6.04 Å². The van der Waals surface area contributed by atoms with Crippen LogP contribution in [0.4, 0.5) is 0 Å². The first-order valence-electron chi connectivity index (χ1n) is 8.72. The molecular formula is C18H30N4O2. The van der Waals surface area contributed by atoms with Gasteiger partial charge in [-0.05, 0) is 31.0 Å². The van der Waals surface area contributed by atoms with Crippen molar-refractivity contribution in [3.05, 3.63) is 35.4 Å². The minimum atomic E-state index is -0.672. The van der Waals surface area contributed by atoms with E-state index >= 15 is 0 Å². The highest BCUT2D eigenvalue weighted by atomic mass is 16.3. The molecule has 0 radical (unpaired) electrons. The third kappa shape index (κ3) is 5.27. The lowest BCUT2D eigenvalue weighted by Gasteiger charge is -2.35. The largest absolute Gasteiger partial charge is 0.379 e. The highest BCUT2D eigenvalue weighted by Crippen LogP contribution is 2.11. The second-order valence-corrected chi connectivity index (χ2v) is 6.50. The summed E-state index contributed by atoms with van der Waals surface area (Å²) >= 11 is 0. The molecule has 1 fully saturated rings. The Morgan fingerprint density at radius 2 is 1.79 bits per heavy atom. The topological polar surface area (TPSA) is 81.8 Å². The van der Waals surface area contributed by atoms with Gasteiger partial charge in [0.15, 0.2) is 0 Å². The Kier molecular flexibility index (Phi) is 7.17. The van der Waals surface area contributed by atoms with Gasteiger partial charge < -0.3 is 20.6 Å². The molecule has 0 aromatic heterocycles. The molecule has 1 aliphatic heterocycles. The zero-order valence-corrected chi connectivity index (χ0v) is 14.7. The number of nitrogens with one attached hydrogen (secondary N) is 1. The van der Waals surface area contributed by atoms with Crippen LogP contribution in [0.15, 0.2) is 24.3 Å². The monoisotopic (exact) mass is 334 g/mol. The highest BCUT2D eigenvalue weighted by molar-refractivity contribution is 5.82. The number of aliphatic hydroxyl groups is 1. The maximum Gasteiger partial charge on any atom is 0.240 e. The average Bonchev–Trinajstić information content (AvgIpc) is 2.61. The Morgan fingerprint density at radius 3 is 2.33 bits per heavy atom. The second kappa shape index (κ2) is 9.13. The molecular weight excluding hydrogens is 304 g/mol. The van der Waals surface area contributed by atoms with Gasteiger partial charge in [0, 0.05) is 32.7 Å². The van der Waals surface area contributed by atoms with E-state index in [1.54, 1.807) is 0 Å². The van der Waals surface area contributed by atoms with Crippen LogP contribution in [0.2, 0.25) is 0 Å². The predicted octanol–water partition coefficient (Wildman–Crippen LogP) is 0.148. The van der Waals surface area contributed by atoms with Gasteiger partial charge in [-0.15, -0.1) is 0 Å². The zero-order valence-electron chi connectivity index (χ0n) is 14.7. The number of likely N-dealkylation sites (N-methyl/N-ethyl adjacent to an activating group) is 1. The SMILES string of the molecule is CCC(O)N[C@H](Cc1ccc(CN)cc1)C(=O)N1CCN(C)CC1. The van der Waals surface area contributed by atoms with E-state index in [2.05, 4.69) is 17.3 Å². The number of piperazine rings is 1. The summed E-state index contributed by atoms with van der Waals surface area (Å²) in [5, 5.41) is 13.0. The van der Waals surface area contributed by atoms with Crippen molar-refractivity contribution in [1.29, 1.82) is 0 Å². The molecule has 4 N–H and O–H groups in total. The summed E-state index contributed by atoms with van der Waals surface area (Å²) in [6.07, 6.45) is 0.459. The molecule has 0 saturated carbocycles. The van der Waals surface area contributed by atoms with Gasteiger partial charge in [-0.2, -0.15) is 0 Å². The molecule has 24 heavy (non-hydrogen) atoms. The molecule has 6 heteroatoms. The number of hydrogen-bond donors (Lipinski definition) is 3. The van der Waals surface area contributed by atoms with Gasteiger partial charge in [0.25, 0.3) is 0 Å². The normalized spacial score (nSPS) is 18.4. The summed E-state index contributed by atoms with van der Waals surface area (Å²) in [7, 11) is 2.07. The van der Waals surface area contributed by atoms with Gasteiger partial charge in [0.2, 0.25) is 5.91 Å². The summed E-state index contributed by atoms with van der Waals surface area (Å²) in [5.74, 6) is 0.0681. The van der Waals surface area contributed by atoms with Gasteiger partial charge in [-0.25, -0.2) is 0 Å².